The molecule has 0 rings (SSSR count). The van der Waals surface area contributed by atoms with E-state index in [0.717, 1.165) is 6.92 Å². The Bertz CT molecular complexity index is 193. The van der Waals surface area contributed by atoms with Crippen molar-refractivity contribution in [2.45, 2.75) is 44.2 Å². The van der Waals surface area contributed by atoms with Gasteiger partial charge in [0.2, 0.25) is 6.17 Å². The summed E-state index contributed by atoms with van der Waals surface area (Å²) >= 11 is 0. The van der Waals surface area contributed by atoms with Gasteiger partial charge in [-0.3, -0.25) is 0 Å². The van der Waals surface area contributed by atoms with Crippen LogP contribution in [0.4, 0.5) is 30.7 Å². The van der Waals surface area contributed by atoms with Gasteiger partial charge in [-0.05, 0) is 0 Å². The standard InChI is InChI=1S/C7H9F7/c1-3-6(11,12)4(8)7(13,14)5(2,9)10/h4H,3H2,1-2H3. The molecule has 0 aromatic rings. The summed E-state index contributed by atoms with van der Waals surface area (Å²) in [7, 11) is 0. The highest BCUT2D eigenvalue weighted by molar-refractivity contribution is 4.95. The SMILES string of the molecule is CCC(F)(F)C(F)C(F)(F)C(C)(F)F. The third kappa shape index (κ3) is 2.30. The minimum Gasteiger partial charge on any atom is -0.234 e. The highest BCUT2D eigenvalue weighted by atomic mass is 19.3. The largest absolute Gasteiger partial charge is 0.346 e. The Morgan fingerprint density at radius 3 is 1.57 bits per heavy atom. The molecule has 0 nitrogen and oxygen atoms in total. The van der Waals surface area contributed by atoms with Crippen molar-refractivity contribution in [2.75, 3.05) is 0 Å². The van der Waals surface area contributed by atoms with Crippen molar-refractivity contribution in [1.29, 1.82) is 0 Å². The van der Waals surface area contributed by atoms with Crippen molar-refractivity contribution in [1.82, 2.24) is 0 Å². The van der Waals surface area contributed by atoms with E-state index in [9.17, 15) is 30.7 Å². The van der Waals surface area contributed by atoms with Crippen LogP contribution in [0.3, 0.4) is 0 Å². The lowest BCUT2D eigenvalue weighted by Crippen LogP contribution is -2.53. The topological polar surface area (TPSA) is 0 Å². The first kappa shape index (κ1) is 13.5. The van der Waals surface area contributed by atoms with Crippen LogP contribution in [0.2, 0.25) is 0 Å². The molecule has 14 heavy (non-hydrogen) atoms. The van der Waals surface area contributed by atoms with Crippen LogP contribution in [-0.2, 0) is 0 Å². The summed E-state index contributed by atoms with van der Waals surface area (Å²) in [4.78, 5) is 0. The van der Waals surface area contributed by atoms with E-state index in [2.05, 4.69) is 0 Å². The smallest absolute Gasteiger partial charge is 0.234 e. The summed E-state index contributed by atoms with van der Waals surface area (Å²) in [6, 6.07) is 0. The second-order valence-electron chi connectivity index (χ2n) is 2.99. The predicted octanol–water partition coefficient (Wildman–Crippen LogP) is 3.66. The number of hydrogen-bond donors (Lipinski definition) is 0. The van der Waals surface area contributed by atoms with Crippen LogP contribution < -0.4 is 0 Å². The van der Waals surface area contributed by atoms with Crippen LogP contribution in [0.5, 0.6) is 0 Å². The quantitative estimate of drug-likeness (QED) is 0.641. The molecule has 0 aromatic carbocycles. The van der Waals surface area contributed by atoms with E-state index in [1.54, 1.807) is 0 Å². The Labute approximate surface area is 76.1 Å². The van der Waals surface area contributed by atoms with Crippen molar-refractivity contribution < 1.29 is 30.7 Å². The van der Waals surface area contributed by atoms with Gasteiger partial charge < -0.3 is 0 Å². The average molecular weight is 226 g/mol. The summed E-state index contributed by atoms with van der Waals surface area (Å²) in [5, 5.41) is 0. The third-order valence-corrected chi connectivity index (χ3v) is 1.75. The number of hydrogen-bond acceptors (Lipinski definition) is 0. The molecule has 0 saturated carbocycles. The molecular formula is C7H9F7. The summed E-state index contributed by atoms with van der Waals surface area (Å²) in [5.41, 5.74) is 0. The molecule has 0 radical (unpaired) electrons. The minimum absolute atomic E-state index is 0.300. The van der Waals surface area contributed by atoms with Gasteiger partial charge >= 0.3 is 11.8 Å². The van der Waals surface area contributed by atoms with Crippen molar-refractivity contribution in [3.05, 3.63) is 0 Å². The molecule has 0 amide bonds. The van der Waals surface area contributed by atoms with Crippen molar-refractivity contribution in [2.24, 2.45) is 0 Å². The number of rotatable bonds is 4. The normalized spacial score (nSPS) is 16.9. The molecule has 0 spiro atoms. The fourth-order valence-electron chi connectivity index (χ4n) is 0.667. The summed E-state index contributed by atoms with van der Waals surface area (Å²) < 4.78 is 86.2. The Morgan fingerprint density at radius 1 is 1.00 bits per heavy atom. The Hall–Kier alpha value is -0.490. The van der Waals surface area contributed by atoms with E-state index in [-0.39, 0.29) is 6.92 Å². The molecule has 0 heterocycles. The van der Waals surface area contributed by atoms with Gasteiger partial charge in [-0.15, -0.1) is 0 Å². The molecule has 0 fully saturated rings. The van der Waals surface area contributed by atoms with Crippen molar-refractivity contribution in [3.63, 3.8) is 0 Å². The zero-order valence-electron chi connectivity index (χ0n) is 7.43. The first-order valence-electron chi connectivity index (χ1n) is 3.74. The summed E-state index contributed by atoms with van der Waals surface area (Å²) in [6.07, 6.45) is -5.44. The molecule has 86 valence electrons. The van der Waals surface area contributed by atoms with Gasteiger partial charge in [0.1, 0.15) is 0 Å². The summed E-state index contributed by atoms with van der Waals surface area (Å²) in [5.74, 6) is -14.6. The van der Waals surface area contributed by atoms with Gasteiger partial charge in [0.15, 0.2) is 0 Å². The Kier molecular flexibility index (Phi) is 3.46. The van der Waals surface area contributed by atoms with Crippen LogP contribution in [0.25, 0.3) is 0 Å². The van der Waals surface area contributed by atoms with E-state index >= 15 is 0 Å². The first-order valence-corrected chi connectivity index (χ1v) is 3.74. The maximum Gasteiger partial charge on any atom is 0.346 e. The molecule has 1 unspecified atom stereocenters. The lowest BCUT2D eigenvalue weighted by molar-refractivity contribution is -0.270. The molecule has 0 aromatic heterocycles. The zero-order valence-corrected chi connectivity index (χ0v) is 7.43. The molecule has 0 aliphatic heterocycles. The first-order chi connectivity index (χ1) is 5.97. The second-order valence-corrected chi connectivity index (χ2v) is 2.99. The van der Waals surface area contributed by atoms with Gasteiger partial charge in [-0.1, -0.05) is 6.92 Å². The maximum absolute atomic E-state index is 12.5. The van der Waals surface area contributed by atoms with E-state index in [1.165, 1.54) is 0 Å². The lowest BCUT2D eigenvalue weighted by atomic mass is 10.0. The van der Waals surface area contributed by atoms with Gasteiger partial charge in [0.05, 0.1) is 0 Å². The Morgan fingerprint density at radius 2 is 1.36 bits per heavy atom. The van der Waals surface area contributed by atoms with Gasteiger partial charge in [-0.25, -0.2) is 22.0 Å². The fraction of sp³-hybridized carbons (Fsp3) is 1.00. The van der Waals surface area contributed by atoms with E-state index < -0.39 is 30.4 Å². The van der Waals surface area contributed by atoms with Crippen LogP contribution in [0.15, 0.2) is 0 Å². The van der Waals surface area contributed by atoms with Crippen molar-refractivity contribution in [3.8, 4) is 0 Å². The molecule has 0 bridgehead atoms. The minimum atomic E-state index is -5.37. The van der Waals surface area contributed by atoms with Gasteiger partial charge in [0, 0.05) is 13.3 Å². The molecule has 7 heteroatoms. The van der Waals surface area contributed by atoms with Gasteiger partial charge in [0.25, 0.3) is 5.92 Å². The fourth-order valence-corrected chi connectivity index (χ4v) is 0.667. The maximum atomic E-state index is 12.5. The lowest BCUT2D eigenvalue weighted by Gasteiger charge is -2.30. The molecule has 0 saturated heterocycles. The molecule has 0 N–H and O–H groups in total. The molecular weight excluding hydrogens is 217 g/mol. The van der Waals surface area contributed by atoms with E-state index in [1.807, 2.05) is 0 Å². The predicted molar refractivity (Wildman–Crippen MR) is 35.7 cm³/mol. The number of halogens is 7. The van der Waals surface area contributed by atoms with E-state index in [0.29, 0.717) is 0 Å². The van der Waals surface area contributed by atoms with Crippen LogP contribution in [0.1, 0.15) is 20.3 Å². The van der Waals surface area contributed by atoms with Crippen molar-refractivity contribution >= 4 is 0 Å². The highest BCUT2D eigenvalue weighted by Gasteiger charge is 2.65. The van der Waals surface area contributed by atoms with E-state index in [4.69, 9.17) is 0 Å². The monoisotopic (exact) mass is 226 g/mol. The second kappa shape index (κ2) is 3.58. The Balaban J connectivity index is 4.94. The molecule has 0 aliphatic carbocycles. The third-order valence-electron chi connectivity index (χ3n) is 1.75. The highest BCUT2D eigenvalue weighted by Crippen LogP contribution is 2.44. The summed E-state index contributed by atoms with van der Waals surface area (Å²) in [6.45, 7) is 0.432. The number of alkyl halides is 7. The zero-order chi connectivity index (χ0) is 11.8. The van der Waals surface area contributed by atoms with Crippen LogP contribution >= 0.6 is 0 Å². The average Bonchev–Trinajstić information content (AvgIpc) is 2.01. The van der Waals surface area contributed by atoms with Gasteiger partial charge in [-0.2, -0.15) is 8.78 Å². The van der Waals surface area contributed by atoms with Crippen LogP contribution in [-0.4, -0.2) is 23.9 Å². The molecule has 0 aliphatic rings. The molecule has 1 atom stereocenters. The van der Waals surface area contributed by atoms with Crippen LogP contribution in [0, 0.1) is 0 Å².